The minimum atomic E-state index is 0.459. The van der Waals surface area contributed by atoms with Gasteiger partial charge in [0.05, 0.1) is 0 Å². The highest BCUT2D eigenvalue weighted by Gasteiger charge is 2.41. The number of hydrogen-bond donors (Lipinski definition) is 1. The summed E-state index contributed by atoms with van der Waals surface area (Å²) in [5, 5.41) is 3.69. The van der Waals surface area contributed by atoms with Gasteiger partial charge in [0.25, 0.3) is 0 Å². The van der Waals surface area contributed by atoms with Gasteiger partial charge in [-0.15, -0.1) is 0 Å². The molecule has 1 saturated carbocycles. The molecule has 3 nitrogen and oxygen atoms in total. The van der Waals surface area contributed by atoms with Crippen LogP contribution < -0.4 is 5.32 Å². The van der Waals surface area contributed by atoms with Crippen molar-refractivity contribution < 1.29 is 0 Å². The molecule has 1 saturated heterocycles. The molecule has 15 heavy (non-hydrogen) atoms. The van der Waals surface area contributed by atoms with E-state index >= 15 is 0 Å². The van der Waals surface area contributed by atoms with Crippen LogP contribution in [0, 0.1) is 0 Å². The van der Waals surface area contributed by atoms with Gasteiger partial charge in [0.2, 0.25) is 0 Å². The van der Waals surface area contributed by atoms with Crippen molar-refractivity contribution in [2.24, 2.45) is 0 Å². The summed E-state index contributed by atoms with van der Waals surface area (Å²) in [6.07, 6.45) is 12.2. The maximum atomic E-state index is 4.11. The maximum Gasteiger partial charge on any atom is 0.115 e. The van der Waals surface area contributed by atoms with Crippen LogP contribution in [0.2, 0.25) is 0 Å². The molecule has 2 atom stereocenters. The fourth-order valence-electron chi connectivity index (χ4n) is 3.19. The number of hydrogen-bond acceptors (Lipinski definition) is 3. The lowest BCUT2D eigenvalue weighted by Crippen LogP contribution is -2.36. The predicted octanol–water partition coefficient (Wildman–Crippen LogP) is 1.87. The van der Waals surface area contributed by atoms with Crippen LogP contribution in [0.15, 0.2) is 18.7 Å². The zero-order valence-electron chi connectivity index (χ0n) is 8.95. The molecule has 3 heteroatoms. The molecule has 0 radical (unpaired) electrons. The Bertz CT molecular complexity index is 330. The summed E-state index contributed by atoms with van der Waals surface area (Å²) >= 11 is 0. The molecule has 3 rings (SSSR count). The standard InChI is InChI=1S/C12H17N3/c1-3-12(15-5-1)4-2-10(6-12)11-7-13-9-14-8-11/h7-10,15H,1-6H2. The van der Waals surface area contributed by atoms with E-state index in [1.165, 1.54) is 44.2 Å². The first-order valence-corrected chi connectivity index (χ1v) is 5.88. The largest absolute Gasteiger partial charge is 0.311 e. The highest BCUT2D eigenvalue weighted by atomic mass is 15.0. The lowest BCUT2D eigenvalue weighted by atomic mass is 9.92. The summed E-state index contributed by atoms with van der Waals surface area (Å²) in [6, 6.07) is 0. The zero-order chi connectivity index (χ0) is 10.1. The highest BCUT2D eigenvalue weighted by Crippen LogP contribution is 2.44. The Balaban J connectivity index is 1.76. The van der Waals surface area contributed by atoms with Crippen LogP contribution in [0.5, 0.6) is 0 Å². The number of rotatable bonds is 1. The Morgan fingerprint density at radius 3 is 2.87 bits per heavy atom. The molecule has 1 spiro atoms. The van der Waals surface area contributed by atoms with Crippen molar-refractivity contribution in [3.8, 4) is 0 Å². The Hall–Kier alpha value is -0.960. The molecule has 80 valence electrons. The predicted molar refractivity (Wildman–Crippen MR) is 58.6 cm³/mol. The number of nitrogens with zero attached hydrogens (tertiary/aromatic N) is 2. The molecule has 1 N–H and O–H groups in total. The van der Waals surface area contributed by atoms with Crippen LogP contribution in [-0.4, -0.2) is 22.1 Å². The molecule has 0 aromatic carbocycles. The average molecular weight is 203 g/mol. The van der Waals surface area contributed by atoms with Crippen LogP contribution in [0.1, 0.15) is 43.6 Å². The summed E-state index contributed by atoms with van der Waals surface area (Å²) in [6.45, 7) is 1.21. The zero-order valence-corrected chi connectivity index (χ0v) is 8.95. The summed E-state index contributed by atoms with van der Waals surface area (Å²) in [7, 11) is 0. The molecule has 2 heterocycles. The minimum Gasteiger partial charge on any atom is -0.311 e. The summed E-state index contributed by atoms with van der Waals surface area (Å²) in [4.78, 5) is 8.23. The molecule has 0 bridgehead atoms. The van der Waals surface area contributed by atoms with E-state index in [0.717, 1.165) is 0 Å². The van der Waals surface area contributed by atoms with Gasteiger partial charge in [-0.1, -0.05) is 0 Å². The van der Waals surface area contributed by atoms with Crippen LogP contribution in [-0.2, 0) is 0 Å². The van der Waals surface area contributed by atoms with Gasteiger partial charge >= 0.3 is 0 Å². The second kappa shape index (κ2) is 3.56. The Morgan fingerprint density at radius 1 is 1.27 bits per heavy atom. The average Bonchev–Trinajstić information content (AvgIpc) is 2.91. The van der Waals surface area contributed by atoms with E-state index in [0.29, 0.717) is 11.5 Å². The van der Waals surface area contributed by atoms with Gasteiger partial charge in [-0.2, -0.15) is 0 Å². The molecule has 1 aliphatic carbocycles. The van der Waals surface area contributed by atoms with E-state index in [1.807, 2.05) is 12.4 Å². The first-order valence-electron chi connectivity index (χ1n) is 5.88. The molecule has 2 aliphatic rings. The van der Waals surface area contributed by atoms with E-state index in [2.05, 4.69) is 15.3 Å². The normalized spacial score (nSPS) is 35.1. The molecule has 2 fully saturated rings. The van der Waals surface area contributed by atoms with Gasteiger partial charge in [-0.3, -0.25) is 0 Å². The van der Waals surface area contributed by atoms with Crippen molar-refractivity contribution in [2.45, 2.75) is 43.6 Å². The van der Waals surface area contributed by atoms with E-state index in [1.54, 1.807) is 6.33 Å². The SMILES string of the molecule is c1ncc(C2CCC3(CCCN3)C2)cn1. The van der Waals surface area contributed by atoms with Gasteiger partial charge in [0.15, 0.2) is 0 Å². The number of nitrogens with one attached hydrogen (secondary N) is 1. The van der Waals surface area contributed by atoms with Crippen molar-refractivity contribution >= 4 is 0 Å². The van der Waals surface area contributed by atoms with Crippen molar-refractivity contribution in [2.75, 3.05) is 6.54 Å². The van der Waals surface area contributed by atoms with Crippen molar-refractivity contribution in [1.29, 1.82) is 0 Å². The van der Waals surface area contributed by atoms with Crippen LogP contribution in [0.25, 0.3) is 0 Å². The Kier molecular flexibility index (Phi) is 2.20. The fourth-order valence-corrected chi connectivity index (χ4v) is 3.19. The lowest BCUT2D eigenvalue weighted by molar-refractivity contribution is 0.383. The van der Waals surface area contributed by atoms with E-state index in [9.17, 15) is 0 Å². The van der Waals surface area contributed by atoms with Crippen molar-refractivity contribution in [3.05, 3.63) is 24.3 Å². The summed E-state index contributed by atoms with van der Waals surface area (Å²) < 4.78 is 0. The molecular weight excluding hydrogens is 186 g/mol. The van der Waals surface area contributed by atoms with Gasteiger partial charge < -0.3 is 5.32 Å². The molecular formula is C12H17N3. The fraction of sp³-hybridized carbons (Fsp3) is 0.667. The summed E-state index contributed by atoms with van der Waals surface area (Å²) in [5.41, 5.74) is 1.78. The van der Waals surface area contributed by atoms with Crippen LogP contribution in [0.4, 0.5) is 0 Å². The smallest absolute Gasteiger partial charge is 0.115 e. The van der Waals surface area contributed by atoms with E-state index < -0.39 is 0 Å². The molecule has 1 aliphatic heterocycles. The molecule has 1 aromatic heterocycles. The highest BCUT2D eigenvalue weighted by molar-refractivity contribution is 5.16. The third kappa shape index (κ3) is 1.65. The van der Waals surface area contributed by atoms with E-state index in [-0.39, 0.29) is 0 Å². The third-order valence-corrected chi connectivity index (χ3v) is 3.99. The lowest BCUT2D eigenvalue weighted by Gasteiger charge is -2.23. The van der Waals surface area contributed by atoms with Crippen molar-refractivity contribution in [1.82, 2.24) is 15.3 Å². The van der Waals surface area contributed by atoms with Gasteiger partial charge in [0, 0.05) is 17.9 Å². The minimum absolute atomic E-state index is 0.459. The first-order chi connectivity index (χ1) is 7.38. The van der Waals surface area contributed by atoms with Crippen LogP contribution >= 0.6 is 0 Å². The topological polar surface area (TPSA) is 37.8 Å². The quantitative estimate of drug-likeness (QED) is 0.757. The Labute approximate surface area is 90.3 Å². The maximum absolute atomic E-state index is 4.11. The van der Waals surface area contributed by atoms with Gasteiger partial charge in [-0.25, -0.2) is 9.97 Å². The molecule has 2 unspecified atom stereocenters. The third-order valence-electron chi connectivity index (χ3n) is 3.99. The second-order valence-corrected chi connectivity index (χ2v) is 4.92. The second-order valence-electron chi connectivity index (χ2n) is 4.92. The van der Waals surface area contributed by atoms with Crippen LogP contribution in [0.3, 0.4) is 0 Å². The summed E-state index contributed by atoms with van der Waals surface area (Å²) in [5.74, 6) is 0.678. The van der Waals surface area contributed by atoms with Gasteiger partial charge in [-0.05, 0) is 50.1 Å². The van der Waals surface area contributed by atoms with Crippen molar-refractivity contribution in [3.63, 3.8) is 0 Å². The monoisotopic (exact) mass is 203 g/mol. The van der Waals surface area contributed by atoms with Gasteiger partial charge in [0.1, 0.15) is 6.33 Å². The van der Waals surface area contributed by atoms with E-state index in [4.69, 9.17) is 0 Å². The Morgan fingerprint density at radius 2 is 2.13 bits per heavy atom. The number of aromatic nitrogens is 2. The first kappa shape index (κ1) is 9.28. The molecule has 0 amide bonds. The molecule has 1 aromatic rings.